The third-order valence-corrected chi connectivity index (χ3v) is 7.60. The molecule has 0 radical (unpaired) electrons. The zero-order chi connectivity index (χ0) is 28.2. The number of hydrogen-bond acceptors (Lipinski definition) is 11. The molecule has 0 atom stereocenters. The second kappa shape index (κ2) is 15.2. The Morgan fingerprint density at radius 2 is 1.71 bits per heavy atom. The van der Waals surface area contributed by atoms with Crippen molar-refractivity contribution in [3.63, 3.8) is 0 Å². The molecule has 41 heavy (non-hydrogen) atoms. The first-order valence-corrected chi connectivity index (χ1v) is 15.0. The fourth-order valence-electron chi connectivity index (χ4n) is 4.17. The molecule has 4 rings (SSSR count). The van der Waals surface area contributed by atoms with Crippen LogP contribution in [0.5, 0.6) is 5.75 Å². The molecule has 0 saturated heterocycles. The Kier molecular flexibility index (Phi) is 13.2. The largest absolute Gasteiger partial charge is 1.00 e. The Hall–Kier alpha value is -1.59. The van der Waals surface area contributed by atoms with Crippen molar-refractivity contribution in [3.05, 3.63) is 48.7 Å². The number of aromatic nitrogens is 2. The zero-order valence-corrected chi connectivity index (χ0v) is 28.2. The molecule has 2 aromatic carbocycles. The van der Waals surface area contributed by atoms with E-state index in [-0.39, 0.29) is 101 Å². The second-order valence-electron chi connectivity index (χ2n) is 8.83. The quantitative estimate of drug-likeness (QED) is 0.0604. The molecule has 0 aliphatic rings. The van der Waals surface area contributed by atoms with E-state index in [1.807, 2.05) is 35.0 Å². The first-order chi connectivity index (χ1) is 18.4. The molecule has 2 heterocycles. The maximum absolute atomic E-state index is 11.9. The van der Waals surface area contributed by atoms with Gasteiger partial charge in [0.2, 0.25) is 11.4 Å². The van der Waals surface area contributed by atoms with Crippen LogP contribution in [0.3, 0.4) is 0 Å². The number of carboxylic acids is 1. The standard InChI is InChI=1S/C25H26N2O10S2.2Na/c28-24(29)9-2-1-5-11-27-12-10-18(17-7-3-4-8-20(17)27)25-26-19-15-23(39(33,34)35)22(16-21(19)37-25)36-13-6-14-38(30,31)32;;/h3-4,7-8,10,12,15-16H,1-2,5-6,9,11,13-14H2,(H2-,28,29,30,31,32,33,34,35);;/q;2*+1/p-2. The summed E-state index contributed by atoms with van der Waals surface area (Å²) in [5.41, 5.74) is 1.72. The third kappa shape index (κ3) is 9.71. The number of benzene rings is 2. The van der Waals surface area contributed by atoms with E-state index in [9.17, 15) is 35.8 Å². The van der Waals surface area contributed by atoms with Crippen LogP contribution in [0.25, 0.3) is 33.5 Å². The summed E-state index contributed by atoms with van der Waals surface area (Å²) in [4.78, 5) is 14.3. The molecule has 208 valence electrons. The average Bonchev–Trinajstić information content (AvgIpc) is 3.27. The van der Waals surface area contributed by atoms with Crippen LogP contribution in [0, 0.1) is 0 Å². The molecule has 0 fully saturated rings. The van der Waals surface area contributed by atoms with Gasteiger partial charge in [0.05, 0.1) is 32.6 Å². The van der Waals surface area contributed by atoms with Crippen LogP contribution in [0.15, 0.2) is 58.0 Å². The van der Waals surface area contributed by atoms with Crippen molar-refractivity contribution < 1.29 is 109 Å². The summed E-state index contributed by atoms with van der Waals surface area (Å²) in [6, 6.07) is 11.5. The van der Waals surface area contributed by atoms with Crippen LogP contribution in [0.4, 0.5) is 0 Å². The van der Waals surface area contributed by atoms with Gasteiger partial charge >= 0.3 is 59.1 Å². The number of nitrogens with zero attached hydrogens (tertiary/aromatic N) is 2. The molecule has 0 aliphatic heterocycles. The number of carboxylic acid groups (broad SMARTS) is 1. The molecule has 0 bridgehead atoms. The van der Waals surface area contributed by atoms with Gasteiger partial charge in [-0.25, -0.2) is 21.8 Å². The van der Waals surface area contributed by atoms with Crippen LogP contribution in [-0.2, 0) is 31.6 Å². The van der Waals surface area contributed by atoms with Gasteiger partial charge in [-0.3, -0.25) is 0 Å². The van der Waals surface area contributed by atoms with Crippen LogP contribution in [0.1, 0.15) is 32.1 Å². The Morgan fingerprint density at radius 1 is 0.976 bits per heavy atom. The molecule has 0 amide bonds. The predicted octanol–water partition coefficient (Wildman–Crippen LogP) is -4.53. The molecule has 4 aromatic rings. The van der Waals surface area contributed by atoms with Crippen LogP contribution < -0.4 is 73.5 Å². The van der Waals surface area contributed by atoms with Gasteiger partial charge in [0, 0.05) is 36.3 Å². The topological polar surface area (TPSA) is 194 Å². The van der Waals surface area contributed by atoms with Crippen LogP contribution in [-0.4, -0.2) is 49.3 Å². The third-order valence-electron chi connectivity index (χ3n) is 5.95. The van der Waals surface area contributed by atoms with Gasteiger partial charge < -0.3 is 28.2 Å². The number of fused-ring (bicyclic) bond motifs is 2. The normalized spacial score (nSPS) is 11.7. The Labute approximate surface area is 281 Å². The minimum atomic E-state index is -4.98. The molecule has 0 N–H and O–H groups in total. The summed E-state index contributed by atoms with van der Waals surface area (Å²) < 4.78 is 81.2. The molecule has 16 heteroatoms. The maximum Gasteiger partial charge on any atom is 1.00 e. The van der Waals surface area contributed by atoms with Gasteiger partial charge in [0.15, 0.2) is 11.8 Å². The van der Waals surface area contributed by atoms with Crippen molar-refractivity contribution >= 4 is 48.2 Å². The summed E-state index contributed by atoms with van der Waals surface area (Å²) in [6.07, 6.45) is 3.69. The number of aliphatic carboxylic acids is 1. The Bertz CT molecular complexity index is 1740. The predicted molar refractivity (Wildman–Crippen MR) is 133 cm³/mol. The SMILES string of the molecule is O=C([O-])CCCCC[n+]1ccc(-c2nc3cc(S(=O)(=O)[O-])c(OCCCS(=O)(=O)[O-])cc3o2)c2ccccc21.[Na+].[Na+]. The summed E-state index contributed by atoms with van der Waals surface area (Å²) in [5.74, 6) is -1.93. The van der Waals surface area contributed by atoms with Crippen molar-refractivity contribution in [2.24, 2.45) is 0 Å². The minimum absolute atomic E-state index is 0. The maximum atomic E-state index is 11.9. The molecule has 0 saturated carbocycles. The van der Waals surface area contributed by atoms with Crippen molar-refractivity contribution in [1.82, 2.24) is 4.98 Å². The molecule has 0 spiro atoms. The smallest absolute Gasteiger partial charge is 0.748 e. The van der Waals surface area contributed by atoms with Crippen LogP contribution >= 0.6 is 0 Å². The zero-order valence-electron chi connectivity index (χ0n) is 22.6. The average molecular weight is 623 g/mol. The van der Waals surface area contributed by atoms with Gasteiger partial charge in [-0.15, -0.1) is 0 Å². The van der Waals surface area contributed by atoms with Crippen molar-refractivity contribution in [2.75, 3.05) is 12.4 Å². The number of rotatable bonds is 13. The van der Waals surface area contributed by atoms with Gasteiger partial charge in [0.25, 0.3) is 0 Å². The summed E-state index contributed by atoms with van der Waals surface area (Å²) in [6.45, 7) is 0.341. The van der Waals surface area contributed by atoms with Crippen molar-refractivity contribution in [2.45, 2.75) is 43.5 Å². The number of para-hydroxylation sites is 1. The monoisotopic (exact) mass is 622 g/mol. The van der Waals surface area contributed by atoms with E-state index in [0.29, 0.717) is 18.5 Å². The first kappa shape index (κ1) is 35.6. The molecule has 12 nitrogen and oxygen atoms in total. The number of carbonyl (C=O) groups excluding carboxylic acids is 1. The molecular weight excluding hydrogens is 598 g/mol. The number of oxazole rings is 1. The fraction of sp³-hybridized carbons (Fsp3) is 0.320. The molecule has 0 unspecified atom stereocenters. The van der Waals surface area contributed by atoms with E-state index >= 15 is 0 Å². The molecule has 0 aliphatic carbocycles. The van der Waals surface area contributed by atoms with Gasteiger partial charge in [-0.05, 0) is 37.8 Å². The summed E-state index contributed by atoms with van der Waals surface area (Å²) in [7, 11) is -9.46. The van der Waals surface area contributed by atoms with E-state index in [1.54, 1.807) is 6.07 Å². The number of ether oxygens (including phenoxy) is 1. The van der Waals surface area contributed by atoms with Crippen molar-refractivity contribution in [3.8, 4) is 17.2 Å². The van der Waals surface area contributed by atoms with E-state index in [4.69, 9.17) is 9.15 Å². The van der Waals surface area contributed by atoms with Gasteiger partial charge in [0.1, 0.15) is 27.9 Å². The number of carbonyl (C=O) groups is 1. The first-order valence-electron chi connectivity index (χ1n) is 12.0. The van der Waals surface area contributed by atoms with E-state index in [0.717, 1.165) is 29.8 Å². The minimum Gasteiger partial charge on any atom is -0.748 e. The van der Waals surface area contributed by atoms with Crippen molar-refractivity contribution in [1.29, 1.82) is 0 Å². The molecule has 2 aromatic heterocycles. The number of aryl methyl sites for hydroxylation is 1. The number of unbranched alkanes of at least 4 members (excludes halogenated alkanes) is 2. The fourth-order valence-corrected chi connectivity index (χ4v) is 5.27. The molecular formula is C25H24N2Na2O10S2. The number of hydrogen-bond donors (Lipinski definition) is 0. The Balaban J connectivity index is 0.00000294. The van der Waals surface area contributed by atoms with E-state index < -0.39 is 36.9 Å². The summed E-state index contributed by atoms with van der Waals surface area (Å²) in [5, 5.41) is 11.4. The van der Waals surface area contributed by atoms with Crippen LogP contribution in [0.2, 0.25) is 0 Å². The van der Waals surface area contributed by atoms with E-state index in [1.165, 1.54) is 6.07 Å². The Morgan fingerprint density at radius 3 is 2.39 bits per heavy atom. The second-order valence-corrected chi connectivity index (χ2v) is 11.7. The van der Waals surface area contributed by atoms with E-state index in [2.05, 4.69) is 4.98 Å². The van der Waals surface area contributed by atoms with Gasteiger partial charge in [-0.2, -0.15) is 4.57 Å². The van der Waals surface area contributed by atoms with Gasteiger partial charge in [-0.1, -0.05) is 12.1 Å². The summed E-state index contributed by atoms with van der Waals surface area (Å²) >= 11 is 0. The number of pyridine rings is 1.